The Morgan fingerprint density at radius 3 is 2.47 bits per heavy atom. The Morgan fingerprint density at radius 2 is 1.82 bits per heavy atom. The van der Waals surface area contributed by atoms with Crippen LogP contribution in [0.2, 0.25) is 0 Å². The summed E-state index contributed by atoms with van der Waals surface area (Å²) in [5, 5.41) is 4.10. The smallest absolute Gasteiger partial charge is 0.267 e. The van der Waals surface area contributed by atoms with Gasteiger partial charge < -0.3 is 0 Å². The molecule has 1 N–H and O–H groups in total. The third-order valence-electron chi connectivity index (χ3n) is 2.60. The highest BCUT2D eigenvalue weighted by molar-refractivity contribution is 5.96. The maximum atomic E-state index is 11.7. The van der Waals surface area contributed by atoms with E-state index in [0.29, 0.717) is 5.56 Å². The third kappa shape index (κ3) is 2.91. The molecule has 0 aromatic heterocycles. The van der Waals surface area contributed by atoms with Gasteiger partial charge in [-0.25, -0.2) is 5.43 Å². The fourth-order valence-electron chi connectivity index (χ4n) is 1.58. The van der Waals surface area contributed by atoms with Crippen LogP contribution in [-0.2, 0) is 0 Å². The minimum atomic E-state index is -0.184. The van der Waals surface area contributed by atoms with Gasteiger partial charge in [0.2, 0.25) is 0 Å². The van der Waals surface area contributed by atoms with Crippen LogP contribution in [0.25, 0.3) is 0 Å². The van der Waals surface area contributed by atoms with Crippen molar-refractivity contribution in [2.45, 2.75) is 6.92 Å². The summed E-state index contributed by atoms with van der Waals surface area (Å²) in [6.07, 6.45) is 8.02. The van der Waals surface area contributed by atoms with Crippen LogP contribution in [-0.4, -0.2) is 11.6 Å². The number of carbonyl (C=O) groups is 1. The topological polar surface area (TPSA) is 41.5 Å². The summed E-state index contributed by atoms with van der Waals surface area (Å²) >= 11 is 0. The molecule has 0 saturated carbocycles. The van der Waals surface area contributed by atoms with Crippen molar-refractivity contribution in [2.75, 3.05) is 0 Å². The van der Waals surface area contributed by atoms with Crippen LogP contribution in [0.3, 0.4) is 0 Å². The fraction of sp³-hybridized carbons (Fsp3) is 0.143. The summed E-state index contributed by atoms with van der Waals surface area (Å²) in [6, 6.07) is 9.05. The predicted octanol–water partition coefficient (Wildman–Crippen LogP) is 2.53. The van der Waals surface area contributed by atoms with Gasteiger partial charge >= 0.3 is 0 Å². The lowest BCUT2D eigenvalue weighted by molar-refractivity contribution is 0.0954. The molecule has 0 heterocycles. The maximum Gasteiger partial charge on any atom is 0.271 e. The van der Waals surface area contributed by atoms with Gasteiger partial charge in [-0.1, -0.05) is 42.5 Å². The monoisotopic (exact) mass is 226 g/mol. The average Bonchev–Trinajstić information content (AvgIpc) is 2.90. The highest BCUT2D eigenvalue weighted by atomic mass is 16.2. The summed E-state index contributed by atoms with van der Waals surface area (Å²) in [7, 11) is 0. The van der Waals surface area contributed by atoms with E-state index >= 15 is 0 Å². The largest absolute Gasteiger partial charge is 0.271 e. The second kappa shape index (κ2) is 5.25. The molecule has 0 bridgehead atoms. The molecule has 1 aliphatic rings. The number of allylic oxidation sites excluding steroid dienone is 4. The number of hydrogen-bond acceptors (Lipinski definition) is 2. The van der Waals surface area contributed by atoms with E-state index in [1.54, 1.807) is 12.1 Å². The zero-order valence-corrected chi connectivity index (χ0v) is 9.63. The molecular formula is C14H14N2O. The fourth-order valence-corrected chi connectivity index (χ4v) is 1.58. The molecule has 0 radical (unpaired) electrons. The van der Waals surface area contributed by atoms with E-state index in [4.69, 9.17) is 0 Å². The van der Waals surface area contributed by atoms with Crippen LogP contribution >= 0.6 is 0 Å². The van der Waals surface area contributed by atoms with Gasteiger partial charge in [0.15, 0.2) is 0 Å². The first-order chi connectivity index (χ1) is 8.27. The van der Waals surface area contributed by atoms with Crippen LogP contribution in [0.15, 0.2) is 59.7 Å². The molecular weight excluding hydrogens is 212 g/mol. The van der Waals surface area contributed by atoms with E-state index in [9.17, 15) is 4.79 Å². The molecule has 0 unspecified atom stereocenters. The van der Waals surface area contributed by atoms with Crippen LogP contribution < -0.4 is 5.43 Å². The first-order valence-electron chi connectivity index (χ1n) is 5.52. The molecule has 0 spiro atoms. The molecule has 2 rings (SSSR count). The first kappa shape index (κ1) is 11.3. The van der Waals surface area contributed by atoms with Gasteiger partial charge in [0.1, 0.15) is 0 Å². The summed E-state index contributed by atoms with van der Waals surface area (Å²) < 4.78 is 0. The molecule has 17 heavy (non-hydrogen) atoms. The van der Waals surface area contributed by atoms with Crippen molar-refractivity contribution in [1.82, 2.24) is 5.43 Å². The standard InChI is InChI=1S/C14H14N2O/c1-11(12-7-5-6-8-12)15-16-14(17)13-9-3-2-4-10-13/h2-10,12H,1H3,(H,16,17)/b15-11+. The molecule has 3 nitrogen and oxygen atoms in total. The molecule has 1 aromatic rings. The zero-order valence-electron chi connectivity index (χ0n) is 9.63. The Morgan fingerprint density at radius 1 is 1.18 bits per heavy atom. The van der Waals surface area contributed by atoms with E-state index < -0.39 is 0 Å². The van der Waals surface area contributed by atoms with Crippen molar-refractivity contribution < 1.29 is 4.79 Å². The van der Waals surface area contributed by atoms with E-state index in [2.05, 4.69) is 10.5 Å². The normalized spacial score (nSPS) is 15.2. The second-order valence-corrected chi connectivity index (χ2v) is 3.86. The molecule has 0 aliphatic heterocycles. The van der Waals surface area contributed by atoms with E-state index in [-0.39, 0.29) is 11.8 Å². The zero-order chi connectivity index (χ0) is 12.1. The van der Waals surface area contributed by atoms with Gasteiger partial charge in [0.05, 0.1) is 0 Å². The van der Waals surface area contributed by atoms with Gasteiger partial charge in [-0.15, -0.1) is 0 Å². The Labute approximate surface area is 101 Å². The second-order valence-electron chi connectivity index (χ2n) is 3.86. The van der Waals surface area contributed by atoms with Gasteiger partial charge in [-0.2, -0.15) is 5.10 Å². The average molecular weight is 226 g/mol. The lowest BCUT2D eigenvalue weighted by atomic mass is 10.1. The molecule has 1 aromatic carbocycles. The summed E-state index contributed by atoms with van der Waals surface area (Å²) in [4.78, 5) is 11.7. The van der Waals surface area contributed by atoms with Gasteiger partial charge in [-0.3, -0.25) is 4.79 Å². The minimum absolute atomic E-state index is 0.184. The number of hydrogen-bond donors (Lipinski definition) is 1. The quantitative estimate of drug-likeness (QED) is 0.624. The Bertz CT molecular complexity index is 474. The molecule has 0 atom stereocenters. The van der Waals surface area contributed by atoms with Gasteiger partial charge in [0, 0.05) is 17.2 Å². The Kier molecular flexibility index (Phi) is 3.50. The highest BCUT2D eigenvalue weighted by Gasteiger charge is 2.08. The molecule has 1 aliphatic carbocycles. The van der Waals surface area contributed by atoms with Gasteiger partial charge in [0.25, 0.3) is 5.91 Å². The maximum absolute atomic E-state index is 11.7. The first-order valence-corrected chi connectivity index (χ1v) is 5.52. The molecule has 0 saturated heterocycles. The minimum Gasteiger partial charge on any atom is -0.267 e. The summed E-state index contributed by atoms with van der Waals surface area (Å²) in [5.74, 6) is 0.0157. The molecule has 1 amide bonds. The predicted molar refractivity (Wildman–Crippen MR) is 68.8 cm³/mol. The van der Waals surface area contributed by atoms with Crippen molar-refractivity contribution in [3.05, 3.63) is 60.2 Å². The molecule has 3 heteroatoms. The van der Waals surface area contributed by atoms with Crippen molar-refractivity contribution in [1.29, 1.82) is 0 Å². The van der Waals surface area contributed by atoms with Crippen LogP contribution in [0, 0.1) is 5.92 Å². The van der Waals surface area contributed by atoms with Crippen LogP contribution in [0.4, 0.5) is 0 Å². The van der Waals surface area contributed by atoms with Crippen molar-refractivity contribution in [3.8, 4) is 0 Å². The van der Waals surface area contributed by atoms with E-state index in [1.807, 2.05) is 49.4 Å². The number of carbonyl (C=O) groups excluding carboxylic acids is 1. The van der Waals surface area contributed by atoms with Gasteiger partial charge in [-0.05, 0) is 19.1 Å². The number of rotatable bonds is 3. The number of nitrogens with one attached hydrogen (secondary N) is 1. The number of nitrogens with zero attached hydrogens (tertiary/aromatic N) is 1. The van der Waals surface area contributed by atoms with Crippen molar-refractivity contribution in [2.24, 2.45) is 11.0 Å². The molecule has 86 valence electrons. The highest BCUT2D eigenvalue weighted by Crippen LogP contribution is 2.10. The van der Waals surface area contributed by atoms with E-state index in [0.717, 1.165) is 5.71 Å². The lowest BCUT2D eigenvalue weighted by Crippen LogP contribution is -2.20. The van der Waals surface area contributed by atoms with E-state index in [1.165, 1.54) is 0 Å². The van der Waals surface area contributed by atoms with Crippen LogP contribution in [0.1, 0.15) is 17.3 Å². The summed E-state index contributed by atoms with van der Waals surface area (Å²) in [6.45, 7) is 1.90. The Balaban J connectivity index is 1.98. The number of hydrazone groups is 1. The van der Waals surface area contributed by atoms with Crippen LogP contribution in [0.5, 0.6) is 0 Å². The SMILES string of the molecule is C/C(=N\NC(=O)c1ccccc1)C1C=CC=C1. The van der Waals surface area contributed by atoms with Crippen molar-refractivity contribution >= 4 is 11.6 Å². The summed E-state index contributed by atoms with van der Waals surface area (Å²) in [5.41, 5.74) is 4.04. The number of amides is 1. The Hall–Kier alpha value is -2.16. The number of benzene rings is 1. The molecule has 0 fully saturated rings. The third-order valence-corrected chi connectivity index (χ3v) is 2.60. The van der Waals surface area contributed by atoms with Crippen molar-refractivity contribution in [3.63, 3.8) is 0 Å². The lowest BCUT2D eigenvalue weighted by Gasteiger charge is -2.05.